The number of carbonyl (C=O) groups is 7. The SMILES string of the molecule is CN[C@@H](C)C(=O)NC(C(=O)N1C[C@@H](c2ccc3c(c2)CN(C(=O)C(NC(=O)[C@H](C)NC)C(C)(C)SCC(=O)NCCO)[C@H](C(=O)NC2CCCc4ccccc42)C3)C[C@H]1C(=O)N[C@@H]1CCCc2ccccc21)C(C)(C)C. The van der Waals surface area contributed by atoms with Crippen molar-refractivity contribution in [2.24, 2.45) is 5.41 Å². The van der Waals surface area contributed by atoms with E-state index in [9.17, 15) is 29.1 Å². The van der Waals surface area contributed by atoms with Crippen LogP contribution in [0.2, 0.25) is 0 Å². The Kier molecular flexibility index (Phi) is 19.1. The second-order valence-corrected chi connectivity index (χ2v) is 24.3. The maximum Gasteiger partial charge on any atom is 0.247 e. The second kappa shape index (κ2) is 25.1. The Labute approximate surface area is 453 Å². The van der Waals surface area contributed by atoms with Crippen LogP contribution < -0.4 is 37.2 Å². The average Bonchev–Trinajstić information content (AvgIpc) is 3.88. The number of amides is 7. The van der Waals surface area contributed by atoms with E-state index in [0.717, 1.165) is 66.3 Å². The fourth-order valence-corrected chi connectivity index (χ4v) is 12.1. The molecule has 2 heterocycles. The third-order valence-electron chi connectivity index (χ3n) is 16.0. The number of likely N-dealkylation sites (N-methyl/N-ethyl adjacent to an activating group) is 2. The lowest BCUT2D eigenvalue weighted by Crippen LogP contribution is -2.63. The van der Waals surface area contributed by atoms with Gasteiger partial charge in [0.15, 0.2) is 0 Å². The third kappa shape index (κ3) is 13.5. The van der Waals surface area contributed by atoms with Crippen LogP contribution in [0.5, 0.6) is 0 Å². The molecule has 0 bridgehead atoms. The number of hydrogen-bond acceptors (Lipinski definition) is 11. The van der Waals surface area contributed by atoms with Crippen molar-refractivity contribution in [3.8, 4) is 0 Å². The molecule has 0 radical (unpaired) electrons. The van der Waals surface area contributed by atoms with Gasteiger partial charge in [0, 0.05) is 36.7 Å². The molecule has 76 heavy (non-hydrogen) atoms. The van der Waals surface area contributed by atoms with Gasteiger partial charge in [0.05, 0.1) is 36.5 Å². The predicted octanol–water partition coefficient (Wildman–Crippen LogP) is 3.86. The van der Waals surface area contributed by atoms with Crippen molar-refractivity contribution in [3.63, 3.8) is 0 Å². The van der Waals surface area contributed by atoms with Gasteiger partial charge in [-0.25, -0.2) is 0 Å². The van der Waals surface area contributed by atoms with Crippen LogP contribution in [0.4, 0.5) is 0 Å². The normalized spacial score (nSPS) is 21.8. The van der Waals surface area contributed by atoms with Gasteiger partial charge in [-0.05, 0) is 131 Å². The highest BCUT2D eigenvalue weighted by molar-refractivity contribution is 8.01. The number of nitrogens with zero attached hydrogens (tertiary/aromatic N) is 2. The Morgan fingerprint density at radius 2 is 1.22 bits per heavy atom. The zero-order valence-electron chi connectivity index (χ0n) is 45.8. The molecule has 0 spiro atoms. The van der Waals surface area contributed by atoms with Crippen LogP contribution in [0, 0.1) is 5.41 Å². The number of carbonyl (C=O) groups excluding carboxylic acids is 7. The number of nitrogens with one attached hydrogen (secondary N) is 7. The molecule has 3 aromatic carbocycles. The molecule has 1 saturated heterocycles. The van der Waals surface area contributed by atoms with Gasteiger partial charge >= 0.3 is 0 Å². The number of likely N-dealkylation sites (tertiary alicyclic amines) is 1. The predicted molar refractivity (Wildman–Crippen MR) is 295 cm³/mol. The van der Waals surface area contributed by atoms with Gasteiger partial charge in [0.25, 0.3) is 0 Å². The number of aliphatic hydroxyl groups is 1. The van der Waals surface area contributed by atoms with E-state index in [-0.39, 0.29) is 86.0 Å². The Balaban J connectivity index is 1.24. The van der Waals surface area contributed by atoms with E-state index in [2.05, 4.69) is 55.4 Å². The summed E-state index contributed by atoms with van der Waals surface area (Å²) in [6, 6.07) is 16.5. The number of fused-ring (bicyclic) bond motifs is 3. The largest absolute Gasteiger partial charge is 0.395 e. The standard InChI is InChI=1S/C58H81N9O8S/c1-34(59-8)51(70)64-49(57(3,4)5)55(74)66-32-41(30-47(66)54(73)63-45-23-15-19-37-17-11-13-21-43(37)45)38-24-25-39-29-46(53(72)62-44-22-14-18-36-16-10-12-20-42(36)44)67(31-40(39)28-38)56(75)50(65-52(71)35(2)60-9)58(6,7)76-33-48(69)61-26-27-68/h10-13,16-17,20-21,24-25,28,34-35,41,44-47,49-50,59-60,68H,14-15,18-19,22-23,26-27,29-33H2,1-9H3,(H,61,69)(H,62,72)(H,63,73)(H,64,70)(H,65,71)/t34-,35-,41-,44?,45+,46-,47-,49?,50?/m0/s1. The van der Waals surface area contributed by atoms with Gasteiger partial charge in [-0.3, -0.25) is 33.6 Å². The smallest absolute Gasteiger partial charge is 0.247 e. The van der Waals surface area contributed by atoms with Crippen molar-refractivity contribution < 1.29 is 38.7 Å². The fraction of sp³-hybridized carbons (Fsp3) is 0.569. The molecule has 3 aromatic rings. The number of aliphatic hydroxyl groups excluding tert-OH is 1. The van der Waals surface area contributed by atoms with Crippen LogP contribution in [0.3, 0.4) is 0 Å². The lowest BCUT2D eigenvalue weighted by atomic mass is 9.85. The molecule has 9 atom stereocenters. The van der Waals surface area contributed by atoms with E-state index < -0.39 is 58.2 Å². The fourth-order valence-electron chi connectivity index (χ4n) is 11.1. The summed E-state index contributed by atoms with van der Waals surface area (Å²) >= 11 is 1.19. The summed E-state index contributed by atoms with van der Waals surface area (Å²) in [5.41, 5.74) is 6.26. The minimum absolute atomic E-state index is 0.00911. The Bertz CT molecular complexity index is 2620. The summed E-state index contributed by atoms with van der Waals surface area (Å²) in [6.45, 7) is 12.7. The molecule has 2 aliphatic heterocycles. The summed E-state index contributed by atoms with van der Waals surface area (Å²) in [6.07, 6.45) is 5.59. The lowest BCUT2D eigenvalue weighted by molar-refractivity contribution is -0.145. The molecular formula is C58H81N9O8S. The molecule has 0 aromatic heterocycles. The molecule has 18 heteroatoms. The number of rotatable bonds is 19. The van der Waals surface area contributed by atoms with Gasteiger partial charge in [-0.2, -0.15) is 0 Å². The summed E-state index contributed by atoms with van der Waals surface area (Å²) in [7, 11) is 3.32. The van der Waals surface area contributed by atoms with Crippen LogP contribution in [0.15, 0.2) is 66.7 Å². The molecule has 17 nitrogen and oxygen atoms in total. The number of hydrogen-bond donors (Lipinski definition) is 8. The maximum absolute atomic E-state index is 15.6. The Morgan fingerprint density at radius 1 is 0.684 bits per heavy atom. The lowest BCUT2D eigenvalue weighted by Gasteiger charge is -2.42. The first kappa shape index (κ1) is 57.9. The quantitative estimate of drug-likeness (QED) is 0.0860. The van der Waals surface area contributed by atoms with E-state index in [1.54, 1.807) is 51.6 Å². The molecular weight excluding hydrogens is 983 g/mol. The first-order valence-corrected chi connectivity index (χ1v) is 28.1. The summed E-state index contributed by atoms with van der Waals surface area (Å²) in [5.74, 6) is -2.93. The van der Waals surface area contributed by atoms with Gasteiger partial charge in [-0.15, -0.1) is 11.8 Å². The summed E-state index contributed by atoms with van der Waals surface area (Å²) in [5, 5.41) is 30.5. The first-order valence-electron chi connectivity index (χ1n) is 27.1. The van der Waals surface area contributed by atoms with Gasteiger partial charge in [0.1, 0.15) is 24.2 Å². The highest BCUT2D eigenvalue weighted by Crippen LogP contribution is 2.39. The van der Waals surface area contributed by atoms with Crippen LogP contribution in [0.25, 0.3) is 0 Å². The third-order valence-corrected chi connectivity index (χ3v) is 17.4. The molecule has 8 N–H and O–H groups in total. The van der Waals surface area contributed by atoms with Crippen molar-refractivity contribution in [2.45, 2.75) is 165 Å². The zero-order valence-corrected chi connectivity index (χ0v) is 46.7. The van der Waals surface area contributed by atoms with E-state index in [4.69, 9.17) is 0 Å². The van der Waals surface area contributed by atoms with Crippen molar-refractivity contribution in [2.75, 3.05) is 39.5 Å². The van der Waals surface area contributed by atoms with Crippen molar-refractivity contribution in [3.05, 3.63) is 106 Å². The van der Waals surface area contributed by atoms with Crippen molar-refractivity contribution in [1.29, 1.82) is 0 Å². The number of benzene rings is 3. The van der Waals surface area contributed by atoms with E-state index >= 15 is 9.59 Å². The molecule has 1 fully saturated rings. The van der Waals surface area contributed by atoms with Gasteiger partial charge in [-0.1, -0.05) is 87.5 Å². The second-order valence-electron chi connectivity index (χ2n) is 22.7. The monoisotopic (exact) mass is 1060 g/mol. The van der Waals surface area contributed by atoms with Crippen LogP contribution in [-0.4, -0.2) is 137 Å². The summed E-state index contributed by atoms with van der Waals surface area (Å²) < 4.78 is -1.08. The first-order chi connectivity index (χ1) is 36.1. The van der Waals surface area contributed by atoms with Crippen molar-refractivity contribution in [1.82, 2.24) is 47.0 Å². The van der Waals surface area contributed by atoms with Crippen LogP contribution in [-0.2, 0) is 59.4 Å². The van der Waals surface area contributed by atoms with E-state index in [1.165, 1.54) is 22.9 Å². The molecule has 4 aliphatic rings. The average molecular weight is 1060 g/mol. The van der Waals surface area contributed by atoms with Crippen molar-refractivity contribution >= 4 is 53.1 Å². The molecule has 2 aliphatic carbocycles. The molecule has 0 saturated carbocycles. The molecule has 3 unspecified atom stereocenters. The van der Waals surface area contributed by atoms with Crippen LogP contribution >= 0.6 is 11.8 Å². The van der Waals surface area contributed by atoms with Crippen LogP contribution in [0.1, 0.15) is 138 Å². The number of aryl methyl sites for hydroxylation is 2. The highest BCUT2D eigenvalue weighted by Gasteiger charge is 2.48. The number of thioether (sulfide) groups is 1. The van der Waals surface area contributed by atoms with E-state index in [1.807, 2.05) is 69.3 Å². The maximum atomic E-state index is 15.6. The van der Waals surface area contributed by atoms with Gasteiger partial charge in [0.2, 0.25) is 41.4 Å². The Hall–Kier alpha value is -5.82. The zero-order chi connectivity index (χ0) is 55.1. The minimum atomic E-state index is -1.20. The van der Waals surface area contributed by atoms with Gasteiger partial charge < -0.3 is 52.1 Å². The molecule has 7 rings (SSSR count). The summed E-state index contributed by atoms with van der Waals surface area (Å²) in [4.78, 5) is 104. The molecule has 7 amide bonds. The molecule has 412 valence electrons. The minimum Gasteiger partial charge on any atom is -0.395 e. The van der Waals surface area contributed by atoms with E-state index in [0.29, 0.717) is 6.42 Å². The Morgan fingerprint density at radius 3 is 1.78 bits per heavy atom. The highest BCUT2D eigenvalue weighted by atomic mass is 32.2. The topological polar surface area (TPSA) is 230 Å².